The van der Waals surface area contributed by atoms with Gasteiger partial charge in [0.15, 0.2) is 0 Å². The maximum absolute atomic E-state index is 11.7. The number of carbonyl (C=O) groups excluding carboxylic acids is 2. The molecule has 21 heavy (non-hydrogen) atoms. The highest BCUT2D eigenvalue weighted by Crippen LogP contribution is 2.18. The topological polar surface area (TPSA) is 100 Å². The molecule has 2 amide bonds. The van der Waals surface area contributed by atoms with Crippen LogP contribution >= 0.6 is 0 Å². The number of carbonyl (C=O) groups is 2. The summed E-state index contributed by atoms with van der Waals surface area (Å²) in [6.45, 7) is 2.27. The molecule has 7 nitrogen and oxygen atoms in total. The van der Waals surface area contributed by atoms with Gasteiger partial charge in [0.1, 0.15) is 5.69 Å². The zero-order valence-corrected chi connectivity index (χ0v) is 12.1. The predicted molar refractivity (Wildman–Crippen MR) is 78.0 cm³/mol. The standard InChI is InChI=1S/C14H21N5O2/c1-16-13(20)10-4-3-7-19(8-10)9-11-5-2-6-12(17-11)14(21)18-15/h2,5-6,10H,3-4,7-9,15H2,1H3,(H,16,20)(H,18,21). The van der Waals surface area contributed by atoms with Gasteiger partial charge in [0, 0.05) is 20.1 Å². The molecule has 1 unspecified atom stereocenters. The number of nitrogens with zero attached hydrogens (tertiary/aromatic N) is 2. The Labute approximate surface area is 123 Å². The Morgan fingerprint density at radius 3 is 3.00 bits per heavy atom. The summed E-state index contributed by atoms with van der Waals surface area (Å²) >= 11 is 0. The van der Waals surface area contributed by atoms with Crippen LogP contribution in [-0.2, 0) is 11.3 Å². The van der Waals surface area contributed by atoms with Crippen molar-refractivity contribution in [2.45, 2.75) is 19.4 Å². The lowest BCUT2D eigenvalue weighted by molar-refractivity contribution is -0.126. The lowest BCUT2D eigenvalue weighted by Crippen LogP contribution is -2.41. The SMILES string of the molecule is CNC(=O)C1CCCN(Cc2cccc(C(=O)NN)n2)C1. The summed E-state index contributed by atoms with van der Waals surface area (Å²) in [6.07, 6.45) is 1.90. The monoisotopic (exact) mass is 291 g/mol. The third-order valence-corrected chi connectivity index (χ3v) is 3.68. The van der Waals surface area contributed by atoms with Crippen LogP contribution in [0, 0.1) is 5.92 Å². The summed E-state index contributed by atoms with van der Waals surface area (Å²) < 4.78 is 0. The Bertz CT molecular complexity index is 520. The second-order valence-electron chi connectivity index (χ2n) is 5.18. The number of piperidine rings is 1. The number of pyridine rings is 1. The van der Waals surface area contributed by atoms with Crippen molar-refractivity contribution in [3.63, 3.8) is 0 Å². The number of nitrogen functional groups attached to an aromatic ring is 1. The number of likely N-dealkylation sites (tertiary alicyclic amines) is 1. The van der Waals surface area contributed by atoms with Crippen LogP contribution in [0.2, 0.25) is 0 Å². The number of amides is 2. The van der Waals surface area contributed by atoms with E-state index in [-0.39, 0.29) is 11.8 Å². The van der Waals surface area contributed by atoms with E-state index in [0.717, 1.165) is 25.1 Å². The normalized spacial score (nSPS) is 19.0. The Balaban J connectivity index is 2.01. The van der Waals surface area contributed by atoms with Crippen molar-refractivity contribution in [1.82, 2.24) is 20.6 Å². The van der Waals surface area contributed by atoms with Crippen molar-refractivity contribution in [3.8, 4) is 0 Å². The molecular weight excluding hydrogens is 270 g/mol. The van der Waals surface area contributed by atoms with Crippen LogP contribution < -0.4 is 16.6 Å². The summed E-state index contributed by atoms with van der Waals surface area (Å²) in [7, 11) is 1.66. The third kappa shape index (κ3) is 3.99. The smallest absolute Gasteiger partial charge is 0.283 e. The average molecular weight is 291 g/mol. The van der Waals surface area contributed by atoms with E-state index in [2.05, 4.69) is 20.6 Å². The fourth-order valence-corrected chi connectivity index (χ4v) is 2.61. The summed E-state index contributed by atoms with van der Waals surface area (Å²) in [5.74, 6) is 4.82. The Kier molecular flexibility index (Phi) is 5.24. The zero-order valence-electron chi connectivity index (χ0n) is 12.1. The van der Waals surface area contributed by atoms with Crippen LogP contribution in [0.5, 0.6) is 0 Å². The molecule has 0 aliphatic carbocycles. The quantitative estimate of drug-likeness (QED) is 0.400. The number of hydrogen-bond acceptors (Lipinski definition) is 5. The number of hydrogen-bond donors (Lipinski definition) is 3. The van der Waals surface area contributed by atoms with Gasteiger partial charge in [0.05, 0.1) is 11.6 Å². The molecule has 0 radical (unpaired) electrons. The van der Waals surface area contributed by atoms with Crippen LogP contribution in [-0.4, -0.2) is 41.8 Å². The van der Waals surface area contributed by atoms with Crippen LogP contribution in [0.25, 0.3) is 0 Å². The molecule has 0 bridgehead atoms. The molecule has 1 aromatic heterocycles. The molecular formula is C14H21N5O2. The fourth-order valence-electron chi connectivity index (χ4n) is 2.61. The minimum atomic E-state index is -0.404. The Hall–Kier alpha value is -1.99. The molecule has 114 valence electrons. The minimum Gasteiger partial charge on any atom is -0.359 e. The lowest BCUT2D eigenvalue weighted by Gasteiger charge is -2.31. The van der Waals surface area contributed by atoms with Gasteiger partial charge in [-0.1, -0.05) is 6.07 Å². The zero-order chi connectivity index (χ0) is 15.2. The third-order valence-electron chi connectivity index (χ3n) is 3.68. The van der Waals surface area contributed by atoms with E-state index < -0.39 is 5.91 Å². The minimum absolute atomic E-state index is 0.0271. The molecule has 1 aromatic rings. The molecule has 1 saturated heterocycles. The highest BCUT2D eigenvalue weighted by molar-refractivity contribution is 5.91. The first-order valence-corrected chi connectivity index (χ1v) is 7.05. The average Bonchev–Trinajstić information content (AvgIpc) is 2.53. The van der Waals surface area contributed by atoms with E-state index >= 15 is 0 Å². The van der Waals surface area contributed by atoms with Crippen molar-refractivity contribution < 1.29 is 9.59 Å². The van der Waals surface area contributed by atoms with Gasteiger partial charge in [-0.25, -0.2) is 10.8 Å². The van der Waals surface area contributed by atoms with E-state index in [9.17, 15) is 9.59 Å². The van der Waals surface area contributed by atoms with Gasteiger partial charge < -0.3 is 5.32 Å². The van der Waals surface area contributed by atoms with E-state index in [1.54, 1.807) is 19.2 Å². The van der Waals surface area contributed by atoms with Gasteiger partial charge >= 0.3 is 0 Å². The van der Waals surface area contributed by atoms with Crippen LogP contribution in [0.15, 0.2) is 18.2 Å². The molecule has 4 N–H and O–H groups in total. The maximum atomic E-state index is 11.7. The molecule has 1 aliphatic rings. The Morgan fingerprint density at radius 1 is 1.48 bits per heavy atom. The summed E-state index contributed by atoms with van der Waals surface area (Å²) in [6, 6.07) is 5.28. The molecule has 2 rings (SSSR count). The lowest BCUT2D eigenvalue weighted by atomic mass is 9.97. The van der Waals surface area contributed by atoms with E-state index in [1.807, 2.05) is 6.07 Å². The molecule has 0 saturated carbocycles. The van der Waals surface area contributed by atoms with E-state index in [4.69, 9.17) is 5.84 Å². The molecule has 0 spiro atoms. The van der Waals surface area contributed by atoms with Crippen LogP contribution in [0.3, 0.4) is 0 Å². The van der Waals surface area contributed by atoms with Gasteiger partial charge in [-0.05, 0) is 31.5 Å². The second kappa shape index (κ2) is 7.14. The predicted octanol–water partition coefficient (Wildman–Crippen LogP) is -0.357. The summed E-state index contributed by atoms with van der Waals surface area (Å²) in [5, 5.41) is 2.70. The number of rotatable bonds is 4. The number of nitrogens with one attached hydrogen (secondary N) is 2. The largest absolute Gasteiger partial charge is 0.359 e. The second-order valence-corrected chi connectivity index (χ2v) is 5.18. The Morgan fingerprint density at radius 2 is 2.29 bits per heavy atom. The fraction of sp³-hybridized carbons (Fsp3) is 0.500. The van der Waals surface area contributed by atoms with Gasteiger partial charge in [-0.3, -0.25) is 19.9 Å². The van der Waals surface area contributed by atoms with E-state index in [1.165, 1.54) is 0 Å². The maximum Gasteiger partial charge on any atom is 0.283 e. The molecule has 1 atom stereocenters. The van der Waals surface area contributed by atoms with Crippen molar-refractivity contribution in [3.05, 3.63) is 29.6 Å². The molecule has 0 aromatic carbocycles. The van der Waals surface area contributed by atoms with Crippen LogP contribution in [0.1, 0.15) is 29.0 Å². The van der Waals surface area contributed by atoms with Crippen molar-refractivity contribution in [2.24, 2.45) is 11.8 Å². The first kappa shape index (κ1) is 15.4. The van der Waals surface area contributed by atoms with Crippen molar-refractivity contribution in [1.29, 1.82) is 0 Å². The molecule has 7 heteroatoms. The number of aromatic nitrogens is 1. The molecule has 2 heterocycles. The first-order chi connectivity index (χ1) is 10.1. The highest BCUT2D eigenvalue weighted by Gasteiger charge is 2.25. The van der Waals surface area contributed by atoms with Gasteiger partial charge in [0.25, 0.3) is 5.91 Å². The number of hydrazine groups is 1. The van der Waals surface area contributed by atoms with Crippen molar-refractivity contribution >= 4 is 11.8 Å². The van der Waals surface area contributed by atoms with Gasteiger partial charge in [0.2, 0.25) is 5.91 Å². The van der Waals surface area contributed by atoms with Gasteiger partial charge in [-0.2, -0.15) is 0 Å². The first-order valence-electron chi connectivity index (χ1n) is 7.05. The van der Waals surface area contributed by atoms with E-state index in [0.29, 0.717) is 18.8 Å². The van der Waals surface area contributed by atoms with Crippen molar-refractivity contribution in [2.75, 3.05) is 20.1 Å². The van der Waals surface area contributed by atoms with Gasteiger partial charge in [-0.15, -0.1) is 0 Å². The number of nitrogens with two attached hydrogens (primary N) is 1. The van der Waals surface area contributed by atoms with Crippen LogP contribution in [0.4, 0.5) is 0 Å². The molecule has 1 aliphatic heterocycles. The summed E-state index contributed by atoms with van der Waals surface area (Å²) in [4.78, 5) is 29.7. The highest BCUT2D eigenvalue weighted by atomic mass is 16.2. The summed E-state index contributed by atoms with van der Waals surface area (Å²) in [5.41, 5.74) is 3.17. The molecule has 1 fully saturated rings.